The first-order valence-electron chi connectivity index (χ1n) is 4.55. The van der Waals surface area contributed by atoms with Gasteiger partial charge in [0.15, 0.2) is 0 Å². The minimum atomic E-state index is -0.369. The number of benzene rings is 1. The summed E-state index contributed by atoms with van der Waals surface area (Å²) in [7, 11) is 0. The monoisotopic (exact) mass is 191 g/mol. The van der Waals surface area contributed by atoms with Crippen molar-refractivity contribution >= 4 is 6.08 Å². The van der Waals surface area contributed by atoms with Crippen LogP contribution in [-0.4, -0.2) is 4.92 Å². The van der Waals surface area contributed by atoms with Gasteiger partial charge in [0, 0.05) is 13.0 Å². The van der Waals surface area contributed by atoms with Crippen LogP contribution in [0, 0.1) is 10.1 Å². The summed E-state index contributed by atoms with van der Waals surface area (Å²) in [5, 5.41) is 10.4. The van der Waals surface area contributed by atoms with Gasteiger partial charge in [0.25, 0.3) is 0 Å². The van der Waals surface area contributed by atoms with E-state index in [1.165, 1.54) is 6.92 Å². The van der Waals surface area contributed by atoms with Crippen molar-refractivity contribution in [2.45, 2.75) is 20.3 Å². The maximum Gasteiger partial charge on any atom is 0.243 e. The van der Waals surface area contributed by atoms with Crippen LogP contribution >= 0.6 is 0 Å². The molecular formula is C11H13NO2. The Kier molecular flexibility index (Phi) is 3.40. The summed E-state index contributed by atoms with van der Waals surface area (Å²) in [6.45, 7) is 3.54. The molecule has 0 bridgehead atoms. The summed E-state index contributed by atoms with van der Waals surface area (Å²) in [6.07, 6.45) is 2.50. The fraction of sp³-hybridized carbons (Fsp3) is 0.273. The molecule has 3 nitrogen and oxygen atoms in total. The minimum absolute atomic E-state index is 0.172. The molecule has 1 aromatic carbocycles. The maximum atomic E-state index is 10.4. The molecule has 1 rings (SSSR count). The normalized spacial score (nSPS) is 11.4. The lowest BCUT2D eigenvalue weighted by atomic mass is 10.0. The molecule has 0 aliphatic carbocycles. The highest BCUT2D eigenvalue weighted by Gasteiger charge is 2.03. The van der Waals surface area contributed by atoms with Crippen molar-refractivity contribution < 1.29 is 4.92 Å². The number of nitrogens with zero attached hydrogens (tertiary/aromatic N) is 1. The summed E-state index contributed by atoms with van der Waals surface area (Å²) in [5.41, 5.74) is 2.24. The molecule has 14 heavy (non-hydrogen) atoms. The Morgan fingerprint density at radius 2 is 2.14 bits per heavy atom. The van der Waals surface area contributed by atoms with E-state index in [0.717, 1.165) is 17.5 Å². The summed E-state index contributed by atoms with van der Waals surface area (Å²) >= 11 is 0. The second-order valence-electron chi connectivity index (χ2n) is 3.10. The fourth-order valence-corrected chi connectivity index (χ4v) is 1.27. The second kappa shape index (κ2) is 4.56. The number of aryl methyl sites for hydroxylation is 1. The van der Waals surface area contributed by atoms with E-state index in [1.54, 1.807) is 6.08 Å². The molecule has 0 saturated carbocycles. The molecule has 0 aliphatic rings. The number of rotatable bonds is 3. The third kappa shape index (κ3) is 2.42. The van der Waals surface area contributed by atoms with Crippen molar-refractivity contribution in [2.75, 3.05) is 0 Å². The van der Waals surface area contributed by atoms with E-state index in [0.29, 0.717) is 0 Å². The lowest BCUT2D eigenvalue weighted by Gasteiger charge is -2.01. The van der Waals surface area contributed by atoms with Crippen LogP contribution in [0.25, 0.3) is 6.08 Å². The van der Waals surface area contributed by atoms with E-state index in [9.17, 15) is 10.1 Å². The second-order valence-corrected chi connectivity index (χ2v) is 3.10. The van der Waals surface area contributed by atoms with Crippen LogP contribution in [0.5, 0.6) is 0 Å². The first-order chi connectivity index (χ1) is 6.65. The van der Waals surface area contributed by atoms with Crippen LogP contribution in [0.2, 0.25) is 0 Å². The molecule has 74 valence electrons. The van der Waals surface area contributed by atoms with E-state index in [2.05, 4.69) is 0 Å². The van der Waals surface area contributed by atoms with E-state index in [1.807, 2.05) is 31.2 Å². The molecular weight excluding hydrogens is 178 g/mol. The Hall–Kier alpha value is -1.64. The first-order valence-corrected chi connectivity index (χ1v) is 4.55. The smallest absolute Gasteiger partial charge is 0.243 e. The maximum absolute atomic E-state index is 10.4. The van der Waals surface area contributed by atoms with Crippen LogP contribution in [0.1, 0.15) is 25.0 Å². The predicted octanol–water partition coefficient (Wildman–Crippen LogP) is 2.89. The SMILES string of the molecule is CCc1ccccc1C=C(C)[N+](=O)[O-]. The predicted molar refractivity (Wildman–Crippen MR) is 56.5 cm³/mol. The van der Waals surface area contributed by atoms with E-state index in [-0.39, 0.29) is 10.6 Å². The van der Waals surface area contributed by atoms with Gasteiger partial charge in [-0.3, -0.25) is 10.1 Å². The Balaban J connectivity index is 3.07. The lowest BCUT2D eigenvalue weighted by Crippen LogP contribution is -1.94. The summed E-state index contributed by atoms with van der Waals surface area (Å²) in [5.74, 6) is 0. The molecule has 3 heteroatoms. The molecule has 0 aromatic heterocycles. The van der Waals surface area contributed by atoms with Crippen molar-refractivity contribution in [1.29, 1.82) is 0 Å². The van der Waals surface area contributed by atoms with Crippen molar-refractivity contribution in [3.8, 4) is 0 Å². The van der Waals surface area contributed by atoms with Gasteiger partial charge in [-0.2, -0.15) is 0 Å². The first kappa shape index (κ1) is 10.4. The van der Waals surface area contributed by atoms with Gasteiger partial charge in [-0.1, -0.05) is 31.2 Å². The Morgan fingerprint density at radius 1 is 1.50 bits per heavy atom. The van der Waals surface area contributed by atoms with Crippen molar-refractivity contribution in [2.24, 2.45) is 0 Å². The summed E-state index contributed by atoms with van der Waals surface area (Å²) in [6, 6.07) is 7.71. The van der Waals surface area contributed by atoms with Gasteiger partial charge in [0.2, 0.25) is 5.70 Å². The minimum Gasteiger partial charge on any atom is -0.259 e. The topological polar surface area (TPSA) is 43.1 Å². The molecule has 0 amide bonds. The molecule has 0 unspecified atom stereocenters. The van der Waals surface area contributed by atoms with Gasteiger partial charge in [0.1, 0.15) is 0 Å². The summed E-state index contributed by atoms with van der Waals surface area (Å²) in [4.78, 5) is 10.1. The molecule has 0 aliphatic heterocycles. The van der Waals surface area contributed by atoms with Crippen molar-refractivity contribution in [1.82, 2.24) is 0 Å². The fourth-order valence-electron chi connectivity index (χ4n) is 1.27. The third-order valence-corrected chi connectivity index (χ3v) is 2.09. The molecule has 0 saturated heterocycles. The van der Waals surface area contributed by atoms with Crippen LogP contribution in [0.3, 0.4) is 0 Å². The van der Waals surface area contributed by atoms with Crippen LogP contribution in [0.4, 0.5) is 0 Å². The summed E-state index contributed by atoms with van der Waals surface area (Å²) < 4.78 is 0. The van der Waals surface area contributed by atoms with Gasteiger partial charge in [-0.25, -0.2) is 0 Å². The average Bonchev–Trinajstić information content (AvgIpc) is 2.18. The van der Waals surface area contributed by atoms with Gasteiger partial charge in [-0.15, -0.1) is 0 Å². The van der Waals surface area contributed by atoms with E-state index < -0.39 is 0 Å². The van der Waals surface area contributed by atoms with Gasteiger partial charge < -0.3 is 0 Å². The molecule has 0 fully saturated rings. The Bertz CT molecular complexity index is 369. The Morgan fingerprint density at radius 3 is 2.71 bits per heavy atom. The highest BCUT2D eigenvalue weighted by Crippen LogP contribution is 2.13. The molecule has 0 N–H and O–H groups in total. The van der Waals surface area contributed by atoms with Crippen molar-refractivity contribution in [3.63, 3.8) is 0 Å². The average molecular weight is 191 g/mol. The molecule has 0 radical (unpaired) electrons. The zero-order valence-electron chi connectivity index (χ0n) is 8.36. The standard InChI is InChI=1S/C11H13NO2/c1-3-10-6-4-5-7-11(10)8-9(2)12(13)14/h4-8H,3H2,1-2H3. The molecule has 1 aromatic rings. The third-order valence-electron chi connectivity index (χ3n) is 2.09. The highest BCUT2D eigenvalue weighted by atomic mass is 16.6. The van der Waals surface area contributed by atoms with Crippen LogP contribution in [0.15, 0.2) is 30.0 Å². The molecule has 0 atom stereocenters. The van der Waals surface area contributed by atoms with Gasteiger partial charge >= 0.3 is 0 Å². The number of allylic oxidation sites excluding steroid dienone is 1. The molecule has 0 spiro atoms. The number of hydrogen-bond acceptors (Lipinski definition) is 2. The Labute approximate surface area is 83.2 Å². The quantitative estimate of drug-likeness (QED) is 0.544. The van der Waals surface area contributed by atoms with Crippen LogP contribution < -0.4 is 0 Å². The van der Waals surface area contributed by atoms with Crippen LogP contribution in [-0.2, 0) is 6.42 Å². The molecule has 0 heterocycles. The zero-order valence-corrected chi connectivity index (χ0v) is 8.36. The van der Waals surface area contributed by atoms with E-state index >= 15 is 0 Å². The number of nitro groups is 1. The largest absolute Gasteiger partial charge is 0.259 e. The van der Waals surface area contributed by atoms with Crippen molar-refractivity contribution in [3.05, 3.63) is 51.2 Å². The van der Waals surface area contributed by atoms with E-state index in [4.69, 9.17) is 0 Å². The van der Waals surface area contributed by atoms with Gasteiger partial charge in [0.05, 0.1) is 4.92 Å². The lowest BCUT2D eigenvalue weighted by molar-refractivity contribution is -0.422. The van der Waals surface area contributed by atoms with Gasteiger partial charge in [-0.05, 0) is 17.5 Å². The number of hydrogen-bond donors (Lipinski definition) is 0. The highest BCUT2D eigenvalue weighted by molar-refractivity contribution is 5.54. The zero-order chi connectivity index (χ0) is 10.6.